The average molecular weight is 209 g/mol. The van der Waals surface area contributed by atoms with Crippen LogP contribution in [0.25, 0.3) is 0 Å². The van der Waals surface area contributed by atoms with Gasteiger partial charge in [0.1, 0.15) is 11.6 Å². The summed E-state index contributed by atoms with van der Waals surface area (Å²) in [5.41, 5.74) is 0.742. The first kappa shape index (κ1) is 10.4. The molecular weight excluding hydrogens is 193 g/mol. The Morgan fingerprint density at radius 3 is 2.73 bits per heavy atom. The summed E-state index contributed by atoms with van der Waals surface area (Å²) in [6.45, 7) is 0. The van der Waals surface area contributed by atoms with Crippen LogP contribution in [-0.2, 0) is 0 Å². The van der Waals surface area contributed by atoms with E-state index in [1.807, 2.05) is 13.1 Å². The van der Waals surface area contributed by atoms with E-state index < -0.39 is 0 Å². The monoisotopic (exact) mass is 209 g/mol. The Morgan fingerprint density at radius 2 is 2.13 bits per heavy atom. The molecule has 2 rings (SSSR count). The first-order chi connectivity index (χ1) is 7.26. The molecule has 3 heteroatoms. The van der Waals surface area contributed by atoms with Crippen molar-refractivity contribution in [2.75, 3.05) is 14.2 Å². The molecule has 1 N–H and O–H groups in total. The maximum absolute atomic E-state index is 13.6. The summed E-state index contributed by atoms with van der Waals surface area (Å²) in [6, 6.07) is 5.54. The van der Waals surface area contributed by atoms with E-state index in [9.17, 15) is 4.39 Å². The lowest BCUT2D eigenvalue weighted by molar-refractivity contribution is 0.290. The van der Waals surface area contributed by atoms with Crippen molar-refractivity contribution in [2.24, 2.45) is 0 Å². The Bertz CT molecular complexity index is 347. The van der Waals surface area contributed by atoms with Crippen molar-refractivity contribution in [1.29, 1.82) is 0 Å². The fourth-order valence-corrected chi connectivity index (χ4v) is 2.18. The van der Waals surface area contributed by atoms with Gasteiger partial charge in [-0.05, 0) is 37.9 Å². The smallest absolute Gasteiger partial charge is 0.130 e. The second kappa shape index (κ2) is 4.19. The zero-order chi connectivity index (χ0) is 10.8. The summed E-state index contributed by atoms with van der Waals surface area (Å²) in [6.07, 6.45) is 1.99. The minimum absolute atomic E-state index is 0.145. The van der Waals surface area contributed by atoms with E-state index >= 15 is 0 Å². The first-order valence-electron chi connectivity index (χ1n) is 5.26. The van der Waals surface area contributed by atoms with E-state index in [2.05, 4.69) is 5.32 Å². The number of methoxy groups -OCH3 is 1. The Balaban J connectivity index is 2.21. The van der Waals surface area contributed by atoms with Crippen LogP contribution in [0.4, 0.5) is 4.39 Å². The van der Waals surface area contributed by atoms with Crippen LogP contribution in [0.15, 0.2) is 18.2 Å². The summed E-state index contributed by atoms with van der Waals surface area (Å²) < 4.78 is 18.8. The van der Waals surface area contributed by atoms with Gasteiger partial charge in [-0.1, -0.05) is 6.07 Å². The normalized spacial score (nSPS) is 24.7. The highest BCUT2D eigenvalue weighted by atomic mass is 19.1. The van der Waals surface area contributed by atoms with E-state index in [0.717, 1.165) is 18.4 Å². The molecule has 1 fully saturated rings. The second-order valence-corrected chi connectivity index (χ2v) is 4.01. The molecule has 0 saturated heterocycles. The van der Waals surface area contributed by atoms with E-state index in [-0.39, 0.29) is 5.82 Å². The van der Waals surface area contributed by atoms with Gasteiger partial charge in [-0.2, -0.15) is 0 Å². The highest BCUT2D eigenvalue weighted by molar-refractivity contribution is 5.39. The molecule has 0 atom stereocenters. The van der Waals surface area contributed by atoms with Gasteiger partial charge < -0.3 is 10.1 Å². The average Bonchev–Trinajstić information content (AvgIpc) is 2.18. The van der Waals surface area contributed by atoms with Crippen LogP contribution < -0.4 is 10.1 Å². The lowest BCUT2D eigenvalue weighted by atomic mass is 9.75. The third-order valence-electron chi connectivity index (χ3n) is 3.19. The number of hydrogen-bond acceptors (Lipinski definition) is 2. The van der Waals surface area contributed by atoms with Crippen molar-refractivity contribution >= 4 is 0 Å². The highest BCUT2D eigenvalue weighted by Gasteiger charge is 2.32. The van der Waals surface area contributed by atoms with Gasteiger partial charge in [0.2, 0.25) is 0 Å². The highest BCUT2D eigenvalue weighted by Crippen LogP contribution is 2.42. The Hall–Kier alpha value is -1.09. The topological polar surface area (TPSA) is 21.3 Å². The third-order valence-corrected chi connectivity index (χ3v) is 3.19. The Morgan fingerprint density at radius 1 is 1.40 bits per heavy atom. The van der Waals surface area contributed by atoms with Crippen molar-refractivity contribution in [1.82, 2.24) is 5.32 Å². The summed E-state index contributed by atoms with van der Waals surface area (Å²) in [7, 11) is 3.53. The third kappa shape index (κ3) is 1.84. The van der Waals surface area contributed by atoms with Gasteiger partial charge in [-0.3, -0.25) is 0 Å². The predicted molar refractivity (Wildman–Crippen MR) is 57.8 cm³/mol. The molecule has 82 valence electrons. The minimum Gasteiger partial charge on any atom is -0.496 e. The molecule has 0 aliphatic heterocycles. The standard InChI is InChI=1S/C12H16FNO/c1-14-9-6-8(7-9)12-10(13)4-3-5-11(12)15-2/h3-5,8-9,14H,6-7H2,1-2H3. The van der Waals surface area contributed by atoms with Crippen molar-refractivity contribution in [3.63, 3.8) is 0 Å². The fraction of sp³-hybridized carbons (Fsp3) is 0.500. The van der Waals surface area contributed by atoms with E-state index in [1.54, 1.807) is 13.2 Å². The van der Waals surface area contributed by atoms with Crippen LogP contribution >= 0.6 is 0 Å². The van der Waals surface area contributed by atoms with E-state index in [0.29, 0.717) is 17.7 Å². The molecular formula is C12H16FNO. The maximum atomic E-state index is 13.6. The molecule has 0 heterocycles. The molecule has 1 aliphatic carbocycles. The lowest BCUT2D eigenvalue weighted by Gasteiger charge is -2.36. The number of ether oxygens (including phenoxy) is 1. The first-order valence-corrected chi connectivity index (χ1v) is 5.26. The molecule has 0 spiro atoms. The molecule has 0 radical (unpaired) electrons. The summed E-state index contributed by atoms with van der Waals surface area (Å²) >= 11 is 0. The van der Waals surface area contributed by atoms with Gasteiger partial charge >= 0.3 is 0 Å². The van der Waals surface area contributed by atoms with Crippen LogP contribution in [0.2, 0.25) is 0 Å². The zero-order valence-corrected chi connectivity index (χ0v) is 9.09. The van der Waals surface area contributed by atoms with Gasteiger partial charge in [0.25, 0.3) is 0 Å². The molecule has 15 heavy (non-hydrogen) atoms. The molecule has 0 aromatic heterocycles. The van der Waals surface area contributed by atoms with Crippen molar-refractivity contribution in [2.45, 2.75) is 24.8 Å². The van der Waals surface area contributed by atoms with Gasteiger partial charge in [-0.25, -0.2) is 4.39 Å². The van der Waals surface area contributed by atoms with Crippen LogP contribution in [0.1, 0.15) is 24.3 Å². The number of halogens is 1. The van der Waals surface area contributed by atoms with E-state index in [4.69, 9.17) is 4.74 Å². The molecule has 1 aromatic carbocycles. The van der Waals surface area contributed by atoms with Crippen molar-refractivity contribution in [3.05, 3.63) is 29.6 Å². The SMILES string of the molecule is CNC1CC(c2c(F)cccc2OC)C1. The molecule has 1 aliphatic rings. The zero-order valence-electron chi connectivity index (χ0n) is 9.09. The summed E-state index contributed by atoms with van der Waals surface area (Å²) in [5.74, 6) is 0.835. The number of nitrogens with one attached hydrogen (secondary N) is 1. The van der Waals surface area contributed by atoms with Crippen molar-refractivity contribution < 1.29 is 9.13 Å². The number of benzene rings is 1. The lowest BCUT2D eigenvalue weighted by Crippen LogP contribution is -2.38. The summed E-state index contributed by atoms with van der Waals surface area (Å²) in [5, 5.41) is 3.19. The molecule has 0 amide bonds. The van der Waals surface area contributed by atoms with Gasteiger partial charge in [0.15, 0.2) is 0 Å². The molecule has 0 unspecified atom stereocenters. The van der Waals surface area contributed by atoms with E-state index in [1.165, 1.54) is 6.07 Å². The summed E-state index contributed by atoms with van der Waals surface area (Å²) in [4.78, 5) is 0. The molecule has 0 bridgehead atoms. The van der Waals surface area contributed by atoms with Crippen LogP contribution in [0.3, 0.4) is 0 Å². The molecule has 2 nitrogen and oxygen atoms in total. The minimum atomic E-state index is -0.145. The number of hydrogen-bond donors (Lipinski definition) is 1. The van der Waals surface area contributed by atoms with Gasteiger partial charge in [-0.15, -0.1) is 0 Å². The fourth-order valence-electron chi connectivity index (χ4n) is 2.18. The molecule has 1 aromatic rings. The van der Waals surface area contributed by atoms with Crippen molar-refractivity contribution in [3.8, 4) is 5.75 Å². The Labute approximate surface area is 89.4 Å². The van der Waals surface area contributed by atoms with Crippen LogP contribution in [0, 0.1) is 5.82 Å². The van der Waals surface area contributed by atoms with Gasteiger partial charge in [0.05, 0.1) is 7.11 Å². The maximum Gasteiger partial charge on any atom is 0.130 e. The van der Waals surface area contributed by atoms with Gasteiger partial charge in [0, 0.05) is 11.6 Å². The molecule has 1 saturated carbocycles. The predicted octanol–water partition coefficient (Wildman–Crippen LogP) is 2.30. The quantitative estimate of drug-likeness (QED) is 0.824. The van der Waals surface area contributed by atoms with Crippen LogP contribution in [-0.4, -0.2) is 20.2 Å². The number of rotatable bonds is 3. The Kier molecular flexibility index (Phi) is 2.91. The second-order valence-electron chi connectivity index (χ2n) is 4.01. The largest absolute Gasteiger partial charge is 0.496 e. The van der Waals surface area contributed by atoms with Crippen LogP contribution in [0.5, 0.6) is 5.75 Å².